The largest absolute Gasteiger partial charge is 0.312 e. The molecule has 0 bridgehead atoms. The maximum atomic E-state index is 4.77. The Kier molecular flexibility index (Phi) is 5.12. The molecule has 0 saturated carbocycles. The van der Waals surface area contributed by atoms with Crippen LogP contribution in [-0.4, -0.2) is 21.1 Å². The fraction of sp³-hybridized carbons (Fsp3) is 0.529. The van der Waals surface area contributed by atoms with Crippen LogP contribution in [0.1, 0.15) is 43.4 Å². The summed E-state index contributed by atoms with van der Waals surface area (Å²) in [6.45, 7) is 12.6. The minimum Gasteiger partial charge on any atom is -0.312 e. The molecule has 0 amide bonds. The Morgan fingerprint density at radius 1 is 1.29 bits per heavy atom. The van der Waals surface area contributed by atoms with Crippen molar-refractivity contribution in [1.82, 2.24) is 19.9 Å². The molecule has 21 heavy (non-hydrogen) atoms. The molecule has 2 aromatic heterocycles. The Balaban J connectivity index is 2.39. The maximum absolute atomic E-state index is 4.77. The van der Waals surface area contributed by atoms with E-state index in [-0.39, 0.29) is 0 Å². The molecule has 0 aliphatic heterocycles. The van der Waals surface area contributed by atoms with Gasteiger partial charge in [-0.15, -0.1) is 0 Å². The van der Waals surface area contributed by atoms with Gasteiger partial charge in [0.25, 0.3) is 0 Å². The number of nitrogens with zero attached hydrogens (tertiary/aromatic N) is 3. The van der Waals surface area contributed by atoms with Gasteiger partial charge in [0.15, 0.2) is 0 Å². The van der Waals surface area contributed by atoms with Gasteiger partial charge in [-0.2, -0.15) is 0 Å². The van der Waals surface area contributed by atoms with E-state index in [1.807, 2.05) is 19.3 Å². The highest BCUT2D eigenvalue weighted by Crippen LogP contribution is 2.19. The Hall–Kier alpha value is -1.68. The van der Waals surface area contributed by atoms with E-state index in [2.05, 4.69) is 48.6 Å². The summed E-state index contributed by atoms with van der Waals surface area (Å²) in [6, 6.07) is 2.15. The van der Waals surface area contributed by atoms with E-state index in [4.69, 9.17) is 4.98 Å². The van der Waals surface area contributed by atoms with Gasteiger partial charge in [0.1, 0.15) is 11.6 Å². The standard InChI is InChI=1S/C17H26N4/c1-6-16-19-7-8-21(16)17-15(11-18-10-12(2)3)13(4)9-14(5)20-17/h7-9,12,18H,6,10-11H2,1-5H3. The second-order valence-corrected chi connectivity index (χ2v) is 5.97. The lowest BCUT2D eigenvalue weighted by atomic mass is 10.1. The molecular formula is C17H26N4. The number of hydrogen-bond donors (Lipinski definition) is 1. The average molecular weight is 286 g/mol. The highest BCUT2D eigenvalue weighted by molar-refractivity contribution is 5.42. The van der Waals surface area contributed by atoms with Crippen LogP contribution in [0.15, 0.2) is 18.5 Å². The van der Waals surface area contributed by atoms with E-state index in [9.17, 15) is 0 Å². The first-order valence-corrected chi connectivity index (χ1v) is 7.73. The summed E-state index contributed by atoms with van der Waals surface area (Å²) < 4.78 is 2.12. The van der Waals surface area contributed by atoms with E-state index in [0.717, 1.165) is 36.8 Å². The predicted molar refractivity (Wildman–Crippen MR) is 86.8 cm³/mol. The van der Waals surface area contributed by atoms with Gasteiger partial charge >= 0.3 is 0 Å². The van der Waals surface area contributed by atoms with Crippen LogP contribution in [0.4, 0.5) is 0 Å². The highest BCUT2D eigenvalue weighted by Gasteiger charge is 2.13. The zero-order valence-electron chi connectivity index (χ0n) is 13.8. The number of hydrogen-bond acceptors (Lipinski definition) is 3. The van der Waals surface area contributed by atoms with Crippen molar-refractivity contribution in [3.05, 3.63) is 41.1 Å². The molecule has 0 spiro atoms. The number of nitrogens with one attached hydrogen (secondary N) is 1. The first kappa shape index (κ1) is 15.7. The second-order valence-electron chi connectivity index (χ2n) is 5.97. The molecule has 114 valence electrons. The molecule has 0 unspecified atom stereocenters. The predicted octanol–water partition coefficient (Wildman–Crippen LogP) is 3.19. The monoisotopic (exact) mass is 286 g/mol. The zero-order chi connectivity index (χ0) is 15.4. The van der Waals surface area contributed by atoms with Crippen molar-refractivity contribution in [3.63, 3.8) is 0 Å². The zero-order valence-corrected chi connectivity index (χ0v) is 13.8. The van der Waals surface area contributed by atoms with Crippen molar-refractivity contribution in [3.8, 4) is 5.82 Å². The maximum Gasteiger partial charge on any atom is 0.143 e. The summed E-state index contributed by atoms with van der Waals surface area (Å²) in [7, 11) is 0. The first-order chi connectivity index (χ1) is 10.0. The molecule has 2 aromatic rings. The molecule has 0 aromatic carbocycles. The van der Waals surface area contributed by atoms with Gasteiger partial charge in [0.2, 0.25) is 0 Å². The summed E-state index contributed by atoms with van der Waals surface area (Å²) >= 11 is 0. The molecule has 0 radical (unpaired) electrons. The fourth-order valence-corrected chi connectivity index (χ4v) is 2.54. The summed E-state index contributed by atoms with van der Waals surface area (Å²) in [4.78, 5) is 9.19. The third kappa shape index (κ3) is 3.70. The van der Waals surface area contributed by atoms with Gasteiger partial charge in [-0.25, -0.2) is 9.97 Å². The normalized spacial score (nSPS) is 11.3. The van der Waals surface area contributed by atoms with Crippen molar-refractivity contribution in [1.29, 1.82) is 0 Å². The van der Waals surface area contributed by atoms with Crippen LogP contribution >= 0.6 is 0 Å². The minimum absolute atomic E-state index is 0.645. The number of aryl methyl sites for hydroxylation is 3. The van der Waals surface area contributed by atoms with Gasteiger partial charge < -0.3 is 5.32 Å². The molecule has 2 heterocycles. The second kappa shape index (κ2) is 6.85. The van der Waals surface area contributed by atoms with Crippen LogP contribution in [0.3, 0.4) is 0 Å². The van der Waals surface area contributed by atoms with Crippen molar-refractivity contribution in [2.75, 3.05) is 6.54 Å². The number of imidazole rings is 1. The Bertz CT molecular complexity index is 599. The van der Waals surface area contributed by atoms with Crippen molar-refractivity contribution in [2.24, 2.45) is 5.92 Å². The topological polar surface area (TPSA) is 42.7 Å². The van der Waals surface area contributed by atoms with E-state index >= 15 is 0 Å². The molecule has 0 saturated heterocycles. The van der Waals surface area contributed by atoms with E-state index in [0.29, 0.717) is 5.92 Å². The molecule has 0 fully saturated rings. The molecule has 4 heteroatoms. The molecule has 2 rings (SSSR count). The lowest BCUT2D eigenvalue weighted by molar-refractivity contribution is 0.550. The van der Waals surface area contributed by atoms with Crippen molar-refractivity contribution in [2.45, 2.75) is 47.6 Å². The number of rotatable bonds is 6. The lowest BCUT2D eigenvalue weighted by Crippen LogP contribution is -2.21. The van der Waals surface area contributed by atoms with Crippen molar-refractivity contribution >= 4 is 0 Å². The van der Waals surface area contributed by atoms with Gasteiger partial charge in [0, 0.05) is 36.6 Å². The summed E-state index contributed by atoms with van der Waals surface area (Å²) in [5.41, 5.74) is 3.59. The Labute approximate surface area is 127 Å². The SMILES string of the molecule is CCc1nccn1-c1nc(C)cc(C)c1CNCC(C)C. The summed E-state index contributed by atoms with van der Waals surface area (Å²) in [6.07, 6.45) is 4.76. The number of pyridine rings is 1. The van der Waals surface area contributed by atoms with E-state index < -0.39 is 0 Å². The van der Waals surface area contributed by atoms with Crippen LogP contribution in [0.5, 0.6) is 0 Å². The van der Waals surface area contributed by atoms with Crippen LogP contribution in [0.2, 0.25) is 0 Å². The average Bonchev–Trinajstić information content (AvgIpc) is 2.88. The van der Waals surface area contributed by atoms with E-state index in [1.165, 1.54) is 11.1 Å². The molecule has 1 N–H and O–H groups in total. The third-order valence-electron chi connectivity index (χ3n) is 3.57. The smallest absolute Gasteiger partial charge is 0.143 e. The highest BCUT2D eigenvalue weighted by atomic mass is 15.1. The molecule has 4 nitrogen and oxygen atoms in total. The van der Waals surface area contributed by atoms with Crippen molar-refractivity contribution < 1.29 is 0 Å². The Morgan fingerprint density at radius 3 is 2.71 bits per heavy atom. The Morgan fingerprint density at radius 2 is 2.05 bits per heavy atom. The molecule has 0 aliphatic carbocycles. The first-order valence-electron chi connectivity index (χ1n) is 7.73. The van der Waals surface area contributed by atoms with Crippen LogP contribution in [-0.2, 0) is 13.0 Å². The van der Waals surface area contributed by atoms with Gasteiger partial charge in [-0.05, 0) is 37.9 Å². The van der Waals surface area contributed by atoms with E-state index in [1.54, 1.807) is 0 Å². The lowest BCUT2D eigenvalue weighted by Gasteiger charge is -2.16. The molecule has 0 aliphatic rings. The molecular weight excluding hydrogens is 260 g/mol. The van der Waals surface area contributed by atoms with Crippen LogP contribution in [0, 0.1) is 19.8 Å². The summed E-state index contributed by atoms with van der Waals surface area (Å²) in [5.74, 6) is 2.71. The van der Waals surface area contributed by atoms with Gasteiger partial charge in [-0.3, -0.25) is 4.57 Å². The summed E-state index contributed by atoms with van der Waals surface area (Å²) in [5, 5.41) is 3.53. The molecule has 0 atom stereocenters. The quantitative estimate of drug-likeness (QED) is 0.887. The van der Waals surface area contributed by atoms with Crippen LogP contribution < -0.4 is 5.32 Å². The fourth-order valence-electron chi connectivity index (χ4n) is 2.54. The van der Waals surface area contributed by atoms with Gasteiger partial charge in [0.05, 0.1) is 0 Å². The minimum atomic E-state index is 0.645. The number of aromatic nitrogens is 3. The third-order valence-corrected chi connectivity index (χ3v) is 3.57. The van der Waals surface area contributed by atoms with Gasteiger partial charge in [-0.1, -0.05) is 20.8 Å². The van der Waals surface area contributed by atoms with Crippen LogP contribution in [0.25, 0.3) is 5.82 Å².